The minimum Gasteiger partial charge on any atom is -0.478 e. The normalized spacial score (nSPS) is 15.4. The highest BCUT2D eigenvalue weighted by molar-refractivity contribution is 7.10. The van der Waals surface area contributed by atoms with Crippen LogP contribution >= 0.6 is 11.3 Å². The van der Waals surface area contributed by atoms with Crippen molar-refractivity contribution in [2.45, 2.75) is 38.6 Å². The van der Waals surface area contributed by atoms with E-state index in [0.717, 1.165) is 24.4 Å². The second-order valence-corrected chi connectivity index (χ2v) is 5.64. The smallest absolute Gasteiger partial charge is 0.336 e. The minimum absolute atomic E-state index is 0.395. The topological polar surface area (TPSA) is 49.3 Å². The van der Waals surface area contributed by atoms with E-state index in [1.54, 1.807) is 17.0 Å². The Kier molecular flexibility index (Phi) is 4.96. The molecule has 0 aliphatic heterocycles. The Labute approximate surface area is 112 Å². The number of rotatable bonds is 6. The van der Waals surface area contributed by atoms with Crippen LogP contribution in [0.4, 0.5) is 0 Å². The summed E-state index contributed by atoms with van der Waals surface area (Å²) in [5.41, 5.74) is 1.97. The summed E-state index contributed by atoms with van der Waals surface area (Å²) in [6.07, 6.45) is 8.66. The van der Waals surface area contributed by atoms with Crippen LogP contribution in [0, 0.1) is 0 Å². The summed E-state index contributed by atoms with van der Waals surface area (Å²) in [5, 5.41) is 13.9. The zero-order valence-corrected chi connectivity index (χ0v) is 11.3. The zero-order chi connectivity index (χ0) is 12.8. The number of carboxylic acids is 1. The van der Waals surface area contributed by atoms with Gasteiger partial charge in [-0.3, -0.25) is 0 Å². The number of carbonyl (C=O) groups is 1. The van der Waals surface area contributed by atoms with Crippen molar-refractivity contribution in [3.05, 3.63) is 33.5 Å². The highest BCUT2D eigenvalue weighted by Crippen LogP contribution is 2.19. The molecule has 1 aromatic heterocycles. The first-order chi connectivity index (χ1) is 8.75. The number of hydrogen-bond donors (Lipinski definition) is 2. The number of nitrogens with one attached hydrogen (secondary N) is 1. The van der Waals surface area contributed by atoms with Gasteiger partial charge in [0.2, 0.25) is 0 Å². The highest BCUT2D eigenvalue weighted by Gasteiger charge is 2.06. The molecule has 0 saturated heterocycles. The van der Waals surface area contributed by atoms with Crippen LogP contribution in [0.2, 0.25) is 0 Å². The van der Waals surface area contributed by atoms with Gasteiger partial charge in [-0.05, 0) is 44.7 Å². The van der Waals surface area contributed by atoms with Gasteiger partial charge in [-0.15, -0.1) is 11.3 Å². The molecule has 98 valence electrons. The van der Waals surface area contributed by atoms with Crippen LogP contribution in [0.15, 0.2) is 23.1 Å². The van der Waals surface area contributed by atoms with Crippen molar-refractivity contribution >= 4 is 17.3 Å². The molecule has 3 nitrogen and oxygen atoms in total. The number of carboxylic acid groups (broad SMARTS) is 1. The van der Waals surface area contributed by atoms with E-state index in [4.69, 9.17) is 5.11 Å². The Morgan fingerprint density at radius 3 is 3.00 bits per heavy atom. The van der Waals surface area contributed by atoms with Gasteiger partial charge in [-0.25, -0.2) is 4.79 Å². The molecule has 18 heavy (non-hydrogen) atoms. The number of hydrogen-bond acceptors (Lipinski definition) is 3. The van der Waals surface area contributed by atoms with Gasteiger partial charge in [0.05, 0.1) is 5.56 Å². The lowest BCUT2D eigenvalue weighted by Crippen LogP contribution is -2.15. The molecular formula is C14H19NO2S. The summed E-state index contributed by atoms with van der Waals surface area (Å²) in [4.78, 5) is 11.8. The first-order valence-electron chi connectivity index (χ1n) is 6.45. The van der Waals surface area contributed by atoms with Gasteiger partial charge in [-0.1, -0.05) is 11.6 Å². The van der Waals surface area contributed by atoms with Crippen molar-refractivity contribution < 1.29 is 9.90 Å². The maximum atomic E-state index is 10.7. The van der Waals surface area contributed by atoms with Gasteiger partial charge in [-0.2, -0.15) is 0 Å². The maximum Gasteiger partial charge on any atom is 0.336 e. The van der Waals surface area contributed by atoms with Gasteiger partial charge in [0.25, 0.3) is 0 Å². The monoisotopic (exact) mass is 265 g/mol. The van der Waals surface area contributed by atoms with E-state index in [-0.39, 0.29) is 0 Å². The fourth-order valence-corrected chi connectivity index (χ4v) is 3.01. The Hall–Kier alpha value is -1.13. The summed E-state index contributed by atoms with van der Waals surface area (Å²) in [6.45, 7) is 1.75. The minimum atomic E-state index is -0.843. The molecule has 0 radical (unpaired) electrons. The summed E-state index contributed by atoms with van der Waals surface area (Å²) < 4.78 is 0. The molecule has 0 unspecified atom stereocenters. The molecule has 2 N–H and O–H groups in total. The van der Waals surface area contributed by atoms with Crippen LogP contribution < -0.4 is 5.32 Å². The number of aromatic carboxylic acids is 1. The van der Waals surface area contributed by atoms with E-state index in [9.17, 15) is 4.79 Å². The quantitative estimate of drug-likeness (QED) is 0.612. The molecule has 0 atom stereocenters. The highest BCUT2D eigenvalue weighted by atomic mass is 32.1. The van der Waals surface area contributed by atoms with Crippen LogP contribution in [-0.4, -0.2) is 17.6 Å². The Balaban J connectivity index is 1.68. The zero-order valence-electron chi connectivity index (χ0n) is 10.4. The van der Waals surface area contributed by atoms with E-state index in [0.29, 0.717) is 5.56 Å². The molecule has 1 heterocycles. The van der Waals surface area contributed by atoms with E-state index in [1.165, 1.54) is 37.0 Å². The first kappa shape index (κ1) is 13.3. The molecule has 0 aromatic carbocycles. The lowest BCUT2D eigenvalue weighted by Gasteiger charge is -2.12. The second kappa shape index (κ2) is 6.71. The summed E-state index contributed by atoms with van der Waals surface area (Å²) in [7, 11) is 0. The molecular weight excluding hydrogens is 246 g/mol. The molecule has 1 aliphatic carbocycles. The van der Waals surface area contributed by atoms with Gasteiger partial charge < -0.3 is 10.4 Å². The number of allylic oxidation sites excluding steroid dienone is 1. The van der Waals surface area contributed by atoms with Crippen LogP contribution in [0.3, 0.4) is 0 Å². The van der Waals surface area contributed by atoms with Crippen molar-refractivity contribution in [3.63, 3.8) is 0 Å². The molecule has 0 amide bonds. The largest absolute Gasteiger partial charge is 0.478 e. The van der Waals surface area contributed by atoms with Crippen molar-refractivity contribution in [2.24, 2.45) is 0 Å². The van der Waals surface area contributed by atoms with Gasteiger partial charge >= 0.3 is 5.97 Å². The maximum absolute atomic E-state index is 10.7. The lowest BCUT2D eigenvalue weighted by atomic mass is 9.97. The summed E-state index contributed by atoms with van der Waals surface area (Å²) in [5.74, 6) is -0.843. The van der Waals surface area contributed by atoms with Crippen molar-refractivity contribution in [1.82, 2.24) is 5.32 Å². The van der Waals surface area contributed by atoms with Crippen molar-refractivity contribution in [2.75, 3.05) is 6.54 Å². The average Bonchev–Trinajstić information content (AvgIpc) is 2.85. The Morgan fingerprint density at radius 2 is 2.33 bits per heavy atom. The van der Waals surface area contributed by atoms with E-state index < -0.39 is 5.97 Å². The molecule has 1 aliphatic rings. The van der Waals surface area contributed by atoms with Crippen LogP contribution in [0.25, 0.3) is 0 Å². The Bertz CT molecular complexity index is 437. The fraction of sp³-hybridized carbons (Fsp3) is 0.500. The predicted octanol–water partition coefficient (Wildman–Crippen LogP) is 3.43. The number of thiophene rings is 1. The Morgan fingerprint density at radius 1 is 1.44 bits per heavy atom. The SMILES string of the molecule is O=C(O)c1csc(CNCCC2=CCCCC2)c1. The summed E-state index contributed by atoms with van der Waals surface area (Å²) >= 11 is 1.51. The van der Waals surface area contributed by atoms with Gasteiger partial charge in [0.15, 0.2) is 0 Å². The van der Waals surface area contributed by atoms with Crippen molar-refractivity contribution in [1.29, 1.82) is 0 Å². The summed E-state index contributed by atoms with van der Waals surface area (Å²) in [6, 6.07) is 1.75. The van der Waals surface area contributed by atoms with Gasteiger partial charge in [0, 0.05) is 16.8 Å². The predicted molar refractivity (Wildman–Crippen MR) is 74.2 cm³/mol. The lowest BCUT2D eigenvalue weighted by molar-refractivity contribution is 0.0697. The molecule has 1 aromatic rings. The van der Waals surface area contributed by atoms with Crippen LogP contribution in [0.1, 0.15) is 47.3 Å². The van der Waals surface area contributed by atoms with E-state index in [1.807, 2.05) is 0 Å². The van der Waals surface area contributed by atoms with Crippen LogP contribution in [-0.2, 0) is 6.54 Å². The fourth-order valence-electron chi connectivity index (χ4n) is 2.18. The molecule has 4 heteroatoms. The van der Waals surface area contributed by atoms with Crippen molar-refractivity contribution in [3.8, 4) is 0 Å². The molecule has 0 saturated carbocycles. The average molecular weight is 265 g/mol. The standard InChI is InChI=1S/C14H19NO2S/c16-14(17)12-8-13(18-10-12)9-15-7-6-11-4-2-1-3-5-11/h4,8,10,15H,1-3,5-7,9H2,(H,16,17). The third-order valence-corrected chi connectivity index (χ3v) is 4.14. The molecule has 0 spiro atoms. The van der Waals surface area contributed by atoms with Gasteiger partial charge in [0.1, 0.15) is 0 Å². The van der Waals surface area contributed by atoms with E-state index in [2.05, 4.69) is 11.4 Å². The molecule has 2 rings (SSSR count). The third-order valence-electron chi connectivity index (χ3n) is 3.21. The second-order valence-electron chi connectivity index (χ2n) is 4.64. The van der Waals surface area contributed by atoms with Crippen LogP contribution in [0.5, 0.6) is 0 Å². The molecule has 0 fully saturated rings. The third kappa shape index (κ3) is 3.96. The first-order valence-corrected chi connectivity index (χ1v) is 7.33. The molecule has 0 bridgehead atoms. The van der Waals surface area contributed by atoms with E-state index >= 15 is 0 Å².